The van der Waals surface area contributed by atoms with Gasteiger partial charge in [0.2, 0.25) is 0 Å². The van der Waals surface area contributed by atoms with Crippen LogP contribution in [0.15, 0.2) is 17.9 Å². The predicted octanol–water partition coefficient (Wildman–Crippen LogP) is 5.65. The maximum Gasteiger partial charge on any atom is 0.311 e. The van der Waals surface area contributed by atoms with E-state index in [9.17, 15) is 9.59 Å². The van der Waals surface area contributed by atoms with E-state index in [1.165, 1.54) is 38.5 Å². The Morgan fingerprint density at radius 2 is 1.81 bits per heavy atom. The molecule has 152 valence electrons. The molecule has 1 unspecified atom stereocenters. The molecule has 0 aliphatic heterocycles. The lowest BCUT2D eigenvalue weighted by molar-refractivity contribution is -0.142. The molecule has 0 radical (unpaired) electrons. The standard InChI is InChI=1S/C23H37NO3/c1-6-17(2)22(26)21(23(3,4)5)19(24)16-20(25)27-15-11-10-14-18-12-8-7-9-13-18/h18,21,24H,1,7-16H2,2-5H3. The fourth-order valence-electron chi connectivity index (χ4n) is 3.88. The Bertz CT molecular complexity index is 573. The van der Waals surface area contributed by atoms with E-state index in [0.717, 1.165) is 18.8 Å². The molecule has 0 aromatic rings. The fraction of sp³-hybridized carbons (Fsp3) is 0.739. The molecule has 0 spiro atoms. The zero-order chi connectivity index (χ0) is 20.4. The van der Waals surface area contributed by atoms with Crippen LogP contribution in [0.1, 0.15) is 85.5 Å². The molecule has 0 aromatic carbocycles. The van der Waals surface area contributed by atoms with E-state index >= 15 is 0 Å². The Morgan fingerprint density at radius 3 is 2.37 bits per heavy atom. The van der Waals surface area contributed by atoms with Crippen molar-refractivity contribution >= 4 is 17.5 Å². The lowest BCUT2D eigenvalue weighted by Crippen LogP contribution is -2.37. The summed E-state index contributed by atoms with van der Waals surface area (Å²) in [5, 5.41) is 8.30. The Kier molecular flexibility index (Phi) is 9.73. The van der Waals surface area contributed by atoms with Crippen LogP contribution in [0.4, 0.5) is 0 Å². The number of esters is 1. The van der Waals surface area contributed by atoms with Crippen LogP contribution in [0.2, 0.25) is 0 Å². The van der Waals surface area contributed by atoms with E-state index < -0.39 is 17.3 Å². The van der Waals surface area contributed by atoms with Gasteiger partial charge in [0, 0.05) is 11.3 Å². The largest absolute Gasteiger partial charge is 0.465 e. The van der Waals surface area contributed by atoms with E-state index in [-0.39, 0.29) is 17.9 Å². The zero-order valence-corrected chi connectivity index (χ0v) is 17.7. The Hall–Kier alpha value is -1.67. The molecule has 4 nitrogen and oxygen atoms in total. The molecule has 4 heteroatoms. The Labute approximate surface area is 165 Å². The van der Waals surface area contributed by atoms with Crippen molar-refractivity contribution in [2.45, 2.75) is 85.5 Å². The first-order valence-corrected chi connectivity index (χ1v) is 10.3. The number of rotatable bonds is 10. The average molecular weight is 376 g/mol. The summed E-state index contributed by atoms with van der Waals surface area (Å²) in [6.45, 7) is 11.3. The minimum absolute atomic E-state index is 0.106. The van der Waals surface area contributed by atoms with E-state index in [1.54, 1.807) is 6.92 Å². The second-order valence-corrected chi connectivity index (χ2v) is 8.89. The lowest BCUT2D eigenvalue weighted by atomic mass is 9.73. The number of carbonyl (C=O) groups excluding carboxylic acids is 2. The normalized spacial score (nSPS) is 16.3. The third kappa shape index (κ3) is 8.26. The van der Waals surface area contributed by atoms with Crippen molar-refractivity contribution in [3.63, 3.8) is 0 Å². The quantitative estimate of drug-likeness (QED) is 0.176. The van der Waals surface area contributed by atoms with Gasteiger partial charge < -0.3 is 10.1 Å². The molecular formula is C23H37NO3. The minimum atomic E-state index is -0.661. The third-order valence-electron chi connectivity index (χ3n) is 5.44. The first-order chi connectivity index (χ1) is 12.7. The van der Waals surface area contributed by atoms with Crippen LogP contribution in [0.5, 0.6) is 0 Å². The highest BCUT2D eigenvalue weighted by Crippen LogP contribution is 2.31. The van der Waals surface area contributed by atoms with E-state index in [4.69, 9.17) is 10.1 Å². The molecular weight excluding hydrogens is 338 g/mol. The number of hydrogen-bond acceptors (Lipinski definition) is 4. The molecule has 1 aliphatic carbocycles. The highest BCUT2D eigenvalue weighted by molar-refractivity contribution is 6.14. The van der Waals surface area contributed by atoms with Gasteiger partial charge in [-0.1, -0.05) is 65.9 Å². The van der Waals surface area contributed by atoms with Gasteiger partial charge in [-0.05, 0) is 31.1 Å². The molecule has 1 atom stereocenters. The smallest absolute Gasteiger partial charge is 0.311 e. The van der Waals surface area contributed by atoms with Crippen molar-refractivity contribution in [2.75, 3.05) is 6.61 Å². The molecule has 1 saturated carbocycles. The van der Waals surface area contributed by atoms with Gasteiger partial charge in [-0.3, -0.25) is 9.59 Å². The Balaban J connectivity index is 2.41. The monoisotopic (exact) mass is 375 g/mol. The highest BCUT2D eigenvalue weighted by atomic mass is 16.5. The summed E-state index contributed by atoms with van der Waals surface area (Å²) in [5.41, 5.74) is 2.66. The molecule has 27 heavy (non-hydrogen) atoms. The van der Waals surface area contributed by atoms with E-state index in [2.05, 4.69) is 12.3 Å². The molecule has 0 aromatic heterocycles. The number of nitrogens with one attached hydrogen (secondary N) is 1. The average Bonchev–Trinajstić information content (AvgIpc) is 2.60. The fourth-order valence-corrected chi connectivity index (χ4v) is 3.88. The molecule has 0 bridgehead atoms. The zero-order valence-electron chi connectivity index (χ0n) is 17.7. The van der Waals surface area contributed by atoms with Crippen molar-refractivity contribution in [3.05, 3.63) is 17.9 Å². The summed E-state index contributed by atoms with van der Waals surface area (Å²) in [6.07, 6.45) is 9.82. The summed E-state index contributed by atoms with van der Waals surface area (Å²) in [4.78, 5) is 24.7. The van der Waals surface area contributed by atoms with Crippen LogP contribution in [0.25, 0.3) is 0 Å². The van der Waals surface area contributed by atoms with Crippen LogP contribution in [-0.4, -0.2) is 24.1 Å². The van der Waals surface area contributed by atoms with Gasteiger partial charge in [0.1, 0.15) is 0 Å². The van der Waals surface area contributed by atoms with E-state index in [0.29, 0.717) is 12.2 Å². The third-order valence-corrected chi connectivity index (χ3v) is 5.44. The molecule has 0 heterocycles. The summed E-state index contributed by atoms with van der Waals surface area (Å²) in [6, 6.07) is 0. The molecule has 1 fully saturated rings. The van der Waals surface area contributed by atoms with Crippen LogP contribution in [0.3, 0.4) is 0 Å². The molecule has 1 aliphatic rings. The number of Topliss-reactive ketones (excluding diaryl/α,β-unsaturated/α-hetero) is 1. The summed E-state index contributed by atoms with van der Waals surface area (Å²) in [7, 11) is 0. The van der Waals surface area contributed by atoms with Gasteiger partial charge in [-0.15, -0.1) is 5.73 Å². The number of carbonyl (C=O) groups is 2. The molecule has 1 rings (SSSR count). The lowest BCUT2D eigenvalue weighted by Gasteiger charge is -2.29. The predicted molar refractivity (Wildman–Crippen MR) is 110 cm³/mol. The summed E-state index contributed by atoms with van der Waals surface area (Å²) >= 11 is 0. The van der Waals surface area contributed by atoms with Gasteiger partial charge in [-0.2, -0.15) is 0 Å². The summed E-state index contributed by atoms with van der Waals surface area (Å²) < 4.78 is 5.31. The highest BCUT2D eigenvalue weighted by Gasteiger charge is 2.36. The second kappa shape index (κ2) is 11.2. The van der Waals surface area contributed by atoms with Gasteiger partial charge >= 0.3 is 5.97 Å². The van der Waals surface area contributed by atoms with Crippen molar-refractivity contribution in [3.8, 4) is 0 Å². The van der Waals surface area contributed by atoms with Crippen molar-refractivity contribution < 1.29 is 14.3 Å². The van der Waals surface area contributed by atoms with Crippen LogP contribution in [-0.2, 0) is 14.3 Å². The maximum atomic E-state index is 12.6. The molecule has 0 saturated heterocycles. The number of ketones is 1. The molecule has 1 N–H and O–H groups in total. The van der Waals surface area contributed by atoms with Crippen molar-refractivity contribution in [1.29, 1.82) is 5.41 Å². The molecule has 0 amide bonds. The summed E-state index contributed by atoms with van der Waals surface area (Å²) in [5.74, 6) is -0.421. The van der Waals surface area contributed by atoms with Gasteiger partial charge in [0.15, 0.2) is 5.78 Å². The first kappa shape index (κ1) is 23.4. The van der Waals surface area contributed by atoms with Crippen molar-refractivity contribution in [1.82, 2.24) is 0 Å². The SMILES string of the molecule is C=C=C(C)C(=O)C(C(=N)CC(=O)OCCCCC1CCCCC1)C(C)(C)C. The van der Waals surface area contributed by atoms with Gasteiger partial charge in [-0.25, -0.2) is 0 Å². The number of unbranched alkanes of at least 4 members (excludes halogenated alkanes) is 1. The second-order valence-electron chi connectivity index (χ2n) is 8.89. The maximum absolute atomic E-state index is 12.6. The minimum Gasteiger partial charge on any atom is -0.465 e. The van der Waals surface area contributed by atoms with Crippen molar-refractivity contribution in [2.24, 2.45) is 17.3 Å². The number of ether oxygens (including phenoxy) is 1. The van der Waals surface area contributed by atoms with Gasteiger partial charge in [0.05, 0.1) is 18.9 Å². The van der Waals surface area contributed by atoms with Gasteiger partial charge in [0.25, 0.3) is 0 Å². The topological polar surface area (TPSA) is 67.2 Å². The van der Waals surface area contributed by atoms with E-state index in [1.807, 2.05) is 20.8 Å². The van der Waals surface area contributed by atoms with Crippen LogP contribution < -0.4 is 0 Å². The Morgan fingerprint density at radius 1 is 1.19 bits per heavy atom. The number of allylic oxidation sites excluding steroid dienone is 1. The van der Waals surface area contributed by atoms with Crippen LogP contribution in [0, 0.1) is 22.7 Å². The number of hydrogen-bond donors (Lipinski definition) is 1. The van der Waals surface area contributed by atoms with Crippen LogP contribution >= 0.6 is 0 Å². The first-order valence-electron chi connectivity index (χ1n) is 10.3.